The number of hydrogen-bond acceptors (Lipinski definition) is 9. The Morgan fingerprint density at radius 2 is 1.90 bits per heavy atom. The summed E-state index contributed by atoms with van der Waals surface area (Å²) in [7, 11) is 0. The van der Waals surface area contributed by atoms with Gasteiger partial charge in [0.2, 0.25) is 5.95 Å². The molecule has 2 aromatic heterocycles. The van der Waals surface area contributed by atoms with E-state index in [4.69, 9.17) is 4.98 Å². The summed E-state index contributed by atoms with van der Waals surface area (Å²) in [6.07, 6.45) is 16.1. The summed E-state index contributed by atoms with van der Waals surface area (Å²) in [4.78, 5) is 13.6. The number of aromatic nitrogens is 3. The van der Waals surface area contributed by atoms with Crippen molar-refractivity contribution >= 4 is 23.5 Å². The van der Waals surface area contributed by atoms with Gasteiger partial charge >= 0.3 is 0 Å². The van der Waals surface area contributed by atoms with E-state index in [1.54, 1.807) is 24.2 Å². The number of hydrogen-bond donors (Lipinski definition) is 4. The molecule has 40 heavy (non-hydrogen) atoms. The summed E-state index contributed by atoms with van der Waals surface area (Å²) in [6.45, 7) is 4.54. The second kappa shape index (κ2) is 11.5. The molecule has 214 valence electrons. The van der Waals surface area contributed by atoms with E-state index < -0.39 is 5.60 Å². The van der Waals surface area contributed by atoms with Crippen LogP contribution in [0.3, 0.4) is 0 Å². The van der Waals surface area contributed by atoms with E-state index >= 15 is 0 Å². The standard InChI is InChI=1S/C31H43N7OS/c1-30(39)7-5-20(6-8-30)16-34-26-23-10-21-11-24(26)14-31(12-21,13-23)19-37-27-25(15-32)18-36-29(38-27)35-17-22-4-3-9-33-28(22)40-2/h3-4,9,18,20-21,23-24,26,34,39H,5-8,10-14,16-17,19H2,1-2H3,(H2,35,36,37,38)/t20-,21?,23-,24+,26-,30-,31-. The Bertz CT molecular complexity index is 1220. The highest BCUT2D eigenvalue weighted by atomic mass is 32.2. The first-order chi connectivity index (χ1) is 19.4. The van der Waals surface area contributed by atoms with Crippen molar-refractivity contribution in [2.45, 2.75) is 87.9 Å². The number of thioether (sulfide) groups is 1. The predicted molar refractivity (Wildman–Crippen MR) is 159 cm³/mol. The SMILES string of the molecule is CSc1ncccc1CNc1ncc(C#N)c(NC[C@]23CC4C[C@H](C2)[C@@H](NC[C@H]2CC[C@](C)(O)CC2)[C@@H](C4)C3)n1. The second-order valence-electron chi connectivity index (χ2n) is 13.3. The molecule has 0 radical (unpaired) electrons. The van der Waals surface area contributed by atoms with E-state index in [0.717, 1.165) is 67.1 Å². The van der Waals surface area contributed by atoms with Gasteiger partial charge in [-0.3, -0.25) is 0 Å². The number of nitrogens with one attached hydrogen (secondary N) is 3. The topological polar surface area (TPSA) is 119 Å². The molecule has 5 atom stereocenters. The average Bonchev–Trinajstić information content (AvgIpc) is 2.95. The molecule has 4 N–H and O–H groups in total. The van der Waals surface area contributed by atoms with Crippen molar-refractivity contribution in [2.75, 3.05) is 30.0 Å². The zero-order valence-corrected chi connectivity index (χ0v) is 24.6. The van der Waals surface area contributed by atoms with Crippen LogP contribution in [0.4, 0.5) is 11.8 Å². The zero-order valence-electron chi connectivity index (χ0n) is 23.8. The van der Waals surface area contributed by atoms with Crippen molar-refractivity contribution < 1.29 is 5.11 Å². The average molecular weight is 562 g/mol. The lowest BCUT2D eigenvalue weighted by atomic mass is 9.48. The summed E-state index contributed by atoms with van der Waals surface area (Å²) in [6, 6.07) is 6.91. The van der Waals surface area contributed by atoms with Gasteiger partial charge in [-0.05, 0) is 113 Å². The molecule has 8 nitrogen and oxygen atoms in total. The number of aliphatic hydroxyl groups is 1. The van der Waals surface area contributed by atoms with Crippen molar-refractivity contribution in [1.29, 1.82) is 5.26 Å². The first-order valence-electron chi connectivity index (χ1n) is 15.0. The molecule has 2 heterocycles. The van der Waals surface area contributed by atoms with Gasteiger partial charge in [0.15, 0.2) is 0 Å². The highest BCUT2D eigenvalue weighted by Crippen LogP contribution is 2.60. The van der Waals surface area contributed by atoms with Crippen LogP contribution in [0.5, 0.6) is 0 Å². The number of rotatable bonds is 10. The largest absolute Gasteiger partial charge is 0.390 e. The fourth-order valence-electron chi connectivity index (χ4n) is 8.42. The van der Waals surface area contributed by atoms with E-state index in [1.165, 1.54) is 32.1 Å². The van der Waals surface area contributed by atoms with Crippen LogP contribution >= 0.6 is 11.8 Å². The molecule has 5 fully saturated rings. The molecular formula is C31H43N7OS. The smallest absolute Gasteiger partial charge is 0.224 e. The fourth-order valence-corrected chi connectivity index (χ4v) is 8.99. The lowest BCUT2D eigenvalue weighted by Crippen LogP contribution is -2.60. The third kappa shape index (κ3) is 5.95. The minimum Gasteiger partial charge on any atom is -0.390 e. The monoisotopic (exact) mass is 561 g/mol. The highest BCUT2D eigenvalue weighted by Gasteiger charge is 2.55. The van der Waals surface area contributed by atoms with E-state index in [-0.39, 0.29) is 5.41 Å². The van der Waals surface area contributed by atoms with Crippen LogP contribution in [0.15, 0.2) is 29.6 Å². The molecule has 0 aromatic carbocycles. The van der Waals surface area contributed by atoms with Crippen LogP contribution in [-0.4, -0.2) is 51.0 Å². The molecule has 5 aliphatic rings. The normalized spacial score (nSPS) is 34.4. The Balaban J connectivity index is 1.07. The van der Waals surface area contributed by atoms with Crippen LogP contribution in [0.25, 0.3) is 0 Å². The molecule has 0 aliphatic heterocycles. The van der Waals surface area contributed by atoms with Crippen molar-refractivity contribution in [3.8, 4) is 6.07 Å². The van der Waals surface area contributed by atoms with Gasteiger partial charge in [-0.2, -0.15) is 10.2 Å². The highest BCUT2D eigenvalue weighted by molar-refractivity contribution is 7.98. The molecule has 9 heteroatoms. The van der Waals surface area contributed by atoms with E-state index in [9.17, 15) is 10.4 Å². The van der Waals surface area contributed by atoms with Crippen molar-refractivity contribution in [1.82, 2.24) is 20.3 Å². The Morgan fingerprint density at radius 3 is 2.62 bits per heavy atom. The number of pyridine rings is 1. The van der Waals surface area contributed by atoms with E-state index in [2.05, 4.69) is 38.1 Å². The Kier molecular flexibility index (Phi) is 7.95. The summed E-state index contributed by atoms with van der Waals surface area (Å²) >= 11 is 1.62. The third-order valence-electron chi connectivity index (χ3n) is 10.2. The molecule has 7 rings (SSSR count). The van der Waals surface area contributed by atoms with Gasteiger partial charge in [0.05, 0.1) is 11.8 Å². The van der Waals surface area contributed by atoms with E-state index in [1.807, 2.05) is 19.2 Å². The maximum absolute atomic E-state index is 10.3. The second-order valence-corrected chi connectivity index (χ2v) is 14.1. The molecule has 0 spiro atoms. The molecule has 2 aromatic rings. The van der Waals surface area contributed by atoms with Gasteiger partial charge in [-0.15, -0.1) is 11.8 Å². The maximum atomic E-state index is 10.3. The lowest BCUT2D eigenvalue weighted by Gasteiger charge is -2.60. The number of nitrogens with zero attached hydrogens (tertiary/aromatic N) is 4. The van der Waals surface area contributed by atoms with Crippen LogP contribution in [0.1, 0.15) is 75.8 Å². The van der Waals surface area contributed by atoms with Gasteiger partial charge in [0.25, 0.3) is 0 Å². The summed E-state index contributed by atoms with van der Waals surface area (Å²) in [5, 5.41) is 32.0. The first kappa shape index (κ1) is 27.7. The minimum atomic E-state index is -0.457. The lowest BCUT2D eigenvalue weighted by molar-refractivity contribution is -0.0711. The summed E-state index contributed by atoms with van der Waals surface area (Å²) in [5.41, 5.74) is 1.42. The molecular weight excluding hydrogens is 518 g/mol. The Morgan fingerprint density at radius 1 is 1.12 bits per heavy atom. The van der Waals surface area contributed by atoms with Crippen LogP contribution in [0.2, 0.25) is 0 Å². The third-order valence-corrected chi connectivity index (χ3v) is 11.0. The van der Waals surface area contributed by atoms with Crippen LogP contribution < -0.4 is 16.0 Å². The Labute approximate surface area is 242 Å². The van der Waals surface area contributed by atoms with Gasteiger partial charge < -0.3 is 21.1 Å². The van der Waals surface area contributed by atoms with E-state index in [0.29, 0.717) is 35.8 Å². The Hall–Kier alpha value is -2.41. The summed E-state index contributed by atoms with van der Waals surface area (Å²) in [5.74, 6) is 4.16. The predicted octanol–water partition coefficient (Wildman–Crippen LogP) is 5.21. The van der Waals surface area contributed by atoms with Gasteiger partial charge in [0, 0.05) is 30.9 Å². The number of anilines is 2. The maximum Gasteiger partial charge on any atom is 0.224 e. The summed E-state index contributed by atoms with van der Waals surface area (Å²) < 4.78 is 0. The van der Waals surface area contributed by atoms with Crippen LogP contribution in [0, 0.1) is 40.4 Å². The molecule has 0 amide bonds. The van der Waals surface area contributed by atoms with Gasteiger partial charge in [0.1, 0.15) is 22.5 Å². The number of nitriles is 1. The molecule has 5 saturated carbocycles. The quantitative estimate of drug-likeness (QED) is 0.290. The molecule has 0 saturated heterocycles. The zero-order chi connectivity index (χ0) is 27.7. The minimum absolute atomic E-state index is 0.284. The molecule has 5 aliphatic carbocycles. The van der Waals surface area contributed by atoms with Crippen molar-refractivity contribution in [3.05, 3.63) is 35.7 Å². The van der Waals surface area contributed by atoms with Crippen molar-refractivity contribution in [2.24, 2.45) is 29.1 Å². The van der Waals surface area contributed by atoms with Gasteiger partial charge in [-0.1, -0.05) is 6.07 Å². The molecule has 4 bridgehead atoms. The first-order valence-corrected chi connectivity index (χ1v) is 16.3. The van der Waals surface area contributed by atoms with Gasteiger partial charge in [-0.25, -0.2) is 9.97 Å². The van der Waals surface area contributed by atoms with Crippen LogP contribution in [-0.2, 0) is 6.54 Å². The van der Waals surface area contributed by atoms with Crippen molar-refractivity contribution in [3.63, 3.8) is 0 Å². The molecule has 1 unspecified atom stereocenters. The fraction of sp³-hybridized carbons (Fsp3) is 0.677.